The minimum Gasteiger partial charge on any atom is -0.416 e. The molecule has 1 aromatic carbocycles. The zero-order valence-electron chi connectivity index (χ0n) is 14.6. The van der Waals surface area contributed by atoms with Gasteiger partial charge in [-0.2, -0.15) is 0 Å². The molecule has 0 fully saturated rings. The minimum atomic E-state index is -1.84. The first-order valence-electron chi connectivity index (χ1n) is 7.86. The summed E-state index contributed by atoms with van der Waals surface area (Å²) in [7, 11) is -1.84. The van der Waals surface area contributed by atoms with Gasteiger partial charge in [0, 0.05) is 18.7 Å². The van der Waals surface area contributed by atoms with E-state index in [9.17, 15) is 9.59 Å². The Kier molecular flexibility index (Phi) is 4.64. The Morgan fingerprint density at radius 1 is 1.13 bits per heavy atom. The second-order valence-corrected chi connectivity index (χ2v) is 12.2. The fourth-order valence-electron chi connectivity index (χ4n) is 2.23. The molecule has 1 aliphatic rings. The van der Waals surface area contributed by atoms with Gasteiger partial charge in [0.05, 0.1) is 11.1 Å². The number of imide groups is 1. The van der Waals surface area contributed by atoms with Crippen molar-refractivity contribution in [2.75, 3.05) is 6.61 Å². The Bertz CT molecular complexity index is 623. The van der Waals surface area contributed by atoms with Crippen LogP contribution >= 0.6 is 0 Å². The third-order valence-corrected chi connectivity index (χ3v) is 9.31. The van der Waals surface area contributed by atoms with E-state index in [-0.39, 0.29) is 16.9 Å². The van der Waals surface area contributed by atoms with Crippen molar-refractivity contribution in [3.8, 4) is 0 Å². The smallest absolute Gasteiger partial charge is 0.265 e. The summed E-state index contributed by atoms with van der Waals surface area (Å²) in [5.74, 6) is -0.578. The summed E-state index contributed by atoms with van der Waals surface area (Å²) < 4.78 is 6.10. The molecule has 0 bridgehead atoms. The standard InChI is InChI=1S/C18H25NO3Si/c1-13(11-12-22-23(5,6)18(2,3)4)19-16(20)14-9-7-8-10-15(14)17(19)21/h7-10H,1,11-12H2,2-6H3. The lowest BCUT2D eigenvalue weighted by atomic mass is 10.1. The monoisotopic (exact) mass is 331 g/mol. The topological polar surface area (TPSA) is 46.6 Å². The van der Waals surface area contributed by atoms with Crippen LogP contribution in [0, 0.1) is 0 Å². The van der Waals surface area contributed by atoms with Crippen LogP contribution in [0.25, 0.3) is 0 Å². The number of fused-ring (bicyclic) bond motifs is 1. The molecule has 2 amide bonds. The molecule has 0 spiro atoms. The molecule has 2 rings (SSSR count). The number of hydrogen-bond donors (Lipinski definition) is 0. The van der Waals surface area contributed by atoms with Gasteiger partial charge in [0.25, 0.3) is 11.8 Å². The number of amides is 2. The van der Waals surface area contributed by atoms with Crippen LogP contribution in [0.4, 0.5) is 0 Å². The summed E-state index contributed by atoms with van der Waals surface area (Å²) in [6, 6.07) is 6.87. The molecule has 0 atom stereocenters. The fraction of sp³-hybridized carbons (Fsp3) is 0.444. The van der Waals surface area contributed by atoms with Crippen molar-refractivity contribution in [2.24, 2.45) is 0 Å². The maximum absolute atomic E-state index is 12.4. The Labute approximate surface area is 139 Å². The highest BCUT2D eigenvalue weighted by Crippen LogP contribution is 2.36. The first-order chi connectivity index (χ1) is 10.6. The number of rotatable bonds is 5. The van der Waals surface area contributed by atoms with Gasteiger partial charge in [-0.05, 0) is 30.3 Å². The highest BCUT2D eigenvalue weighted by Gasteiger charge is 2.38. The van der Waals surface area contributed by atoms with E-state index < -0.39 is 8.32 Å². The number of benzene rings is 1. The van der Waals surface area contributed by atoms with E-state index in [4.69, 9.17) is 4.43 Å². The SMILES string of the molecule is C=C(CCO[Si](C)(C)C(C)(C)C)N1C(=O)c2ccccc2C1=O. The van der Waals surface area contributed by atoms with Gasteiger partial charge in [0.1, 0.15) is 0 Å². The highest BCUT2D eigenvalue weighted by molar-refractivity contribution is 6.74. The molecule has 124 valence electrons. The van der Waals surface area contributed by atoms with Gasteiger partial charge in [0.15, 0.2) is 8.32 Å². The Hall–Kier alpha value is -1.72. The molecule has 4 nitrogen and oxygen atoms in total. The molecule has 0 radical (unpaired) electrons. The molecule has 23 heavy (non-hydrogen) atoms. The second kappa shape index (κ2) is 6.05. The number of carbonyl (C=O) groups is 2. The molecule has 1 aliphatic heterocycles. The van der Waals surface area contributed by atoms with E-state index >= 15 is 0 Å². The molecular weight excluding hydrogens is 306 g/mol. The molecule has 0 N–H and O–H groups in total. The van der Waals surface area contributed by atoms with Gasteiger partial charge < -0.3 is 4.43 Å². The van der Waals surface area contributed by atoms with Crippen molar-refractivity contribution in [3.05, 3.63) is 47.7 Å². The lowest BCUT2D eigenvalue weighted by Gasteiger charge is -2.36. The zero-order valence-corrected chi connectivity index (χ0v) is 15.6. The minimum absolute atomic E-state index is 0.129. The van der Waals surface area contributed by atoms with E-state index in [0.717, 1.165) is 0 Å². The Morgan fingerprint density at radius 2 is 1.61 bits per heavy atom. The highest BCUT2D eigenvalue weighted by atomic mass is 28.4. The third-order valence-electron chi connectivity index (χ3n) is 4.77. The molecule has 1 aromatic rings. The van der Waals surface area contributed by atoms with Crippen LogP contribution in [0.15, 0.2) is 36.5 Å². The number of hydrogen-bond acceptors (Lipinski definition) is 3. The van der Waals surface area contributed by atoms with Crippen LogP contribution < -0.4 is 0 Å². The van der Waals surface area contributed by atoms with Crippen molar-refractivity contribution in [1.82, 2.24) is 4.90 Å². The van der Waals surface area contributed by atoms with E-state index in [1.165, 1.54) is 4.90 Å². The van der Waals surface area contributed by atoms with Gasteiger partial charge in [0.2, 0.25) is 0 Å². The maximum atomic E-state index is 12.4. The van der Waals surface area contributed by atoms with Crippen molar-refractivity contribution >= 4 is 20.1 Å². The Morgan fingerprint density at radius 3 is 2.04 bits per heavy atom. The van der Waals surface area contributed by atoms with Crippen molar-refractivity contribution in [1.29, 1.82) is 0 Å². The van der Waals surface area contributed by atoms with Crippen LogP contribution in [0.1, 0.15) is 47.9 Å². The summed E-state index contributed by atoms with van der Waals surface area (Å²) in [6.07, 6.45) is 0.470. The zero-order chi connectivity index (χ0) is 17.4. The quantitative estimate of drug-likeness (QED) is 0.600. The molecule has 0 aliphatic carbocycles. The molecule has 1 heterocycles. The second-order valence-electron chi connectivity index (χ2n) is 7.42. The Balaban J connectivity index is 2.01. The van der Waals surface area contributed by atoms with Gasteiger partial charge in [-0.1, -0.05) is 39.5 Å². The maximum Gasteiger partial charge on any atom is 0.265 e. The van der Waals surface area contributed by atoms with Crippen molar-refractivity contribution in [3.63, 3.8) is 0 Å². The summed E-state index contributed by atoms with van der Waals surface area (Å²) >= 11 is 0. The summed E-state index contributed by atoms with van der Waals surface area (Å²) in [6.45, 7) is 15.3. The molecule has 0 aromatic heterocycles. The van der Waals surface area contributed by atoms with E-state index in [1.54, 1.807) is 24.3 Å². The van der Waals surface area contributed by atoms with Crippen LogP contribution in [0.3, 0.4) is 0 Å². The van der Waals surface area contributed by atoms with Crippen molar-refractivity contribution in [2.45, 2.75) is 45.3 Å². The average molecular weight is 331 g/mol. The summed E-state index contributed by atoms with van der Waals surface area (Å²) in [4.78, 5) is 25.9. The van der Waals surface area contributed by atoms with Crippen LogP contribution in [-0.2, 0) is 4.43 Å². The first-order valence-corrected chi connectivity index (χ1v) is 10.8. The van der Waals surface area contributed by atoms with Gasteiger partial charge >= 0.3 is 0 Å². The predicted molar refractivity (Wildman–Crippen MR) is 93.8 cm³/mol. The van der Waals surface area contributed by atoms with Gasteiger partial charge in [-0.25, -0.2) is 4.90 Å². The molecule has 5 heteroatoms. The van der Waals surface area contributed by atoms with E-state index in [1.807, 2.05) is 0 Å². The number of carbonyl (C=O) groups excluding carboxylic acids is 2. The summed E-state index contributed by atoms with van der Waals surface area (Å²) in [5.41, 5.74) is 1.39. The first kappa shape index (κ1) is 17.6. The van der Waals surface area contributed by atoms with Gasteiger partial charge in [-0.15, -0.1) is 0 Å². The fourth-order valence-corrected chi connectivity index (χ4v) is 3.27. The molecular formula is C18H25NO3Si. The number of nitrogens with zero attached hydrogens (tertiary/aromatic N) is 1. The average Bonchev–Trinajstić information content (AvgIpc) is 2.70. The van der Waals surface area contributed by atoms with Gasteiger partial charge in [-0.3, -0.25) is 9.59 Å². The molecule has 0 saturated carbocycles. The van der Waals surface area contributed by atoms with E-state index in [2.05, 4.69) is 40.4 Å². The largest absolute Gasteiger partial charge is 0.416 e. The third kappa shape index (κ3) is 3.30. The van der Waals surface area contributed by atoms with Crippen LogP contribution in [-0.4, -0.2) is 31.6 Å². The lowest BCUT2D eigenvalue weighted by Crippen LogP contribution is -2.41. The normalized spacial score (nSPS) is 15.1. The van der Waals surface area contributed by atoms with E-state index in [0.29, 0.717) is 29.9 Å². The van der Waals surface area contributed by atoms with Crippen LogP contribution in [0.2, 0.25) is 18.1 Å². The van der Waals surface area contributed by atoms with Crippen molar-refractivity contribution < 1.29 is 14.0 Å². The molecule has 0 unspecified atom stereocenters. The predicted octanol–water partition coefficient (Wildman–Crippen LogP) is 4.21. The lowest BCUT2D eigenvalue weighted by molar-refractivity contribution is 0.0697. The van der Waals surface area contributed by atoms with Crippen LogP contribution in [0.5, 0.6) is 0 Å². The molecule has 0 saturated heterocycles. The summed E-state index contributed by atoms with van der Waals surface area (Å²) in [5, 5.41) is 0.129.